The van der Waals surface area contributed by atoms with E-state index < -0.39 is 0 Å². The van der Waals surface area contributed by atoms with Crippen LogP contribution in [0.3, 0.4) is 0 Å². The van der Waals surface area contributed by atoms with E-state index in [0.29, 0.717) is 0 Å². The summed E-state index contributed by atoms with van der Waals surface area (Å²) >= 11 is 0. The van der Waals surface area contributed by atoms with Gasteiger partial charge in [-0.1, -0.05) is 115 Å². The van der Waals surface area contributed by atoms with Gasteiger partial charge in [0.25, 0.3) is 0 Å². The Labute approximate surface area is 187 Å². The van der Waals surface area contributed by atoms with Gasteiger partial charge in [-0.3, -0.25) is 16.0 Å². The molecule has 0 atom stereocenters. The van der Waals surface area contributed by atoms with E-state index in [1.54, 1.807) is 0 Å². The minimum absolute atomic E-state index is 0.333. The maximum atomic E-state index is 3.84. The van der Waals surface area contributed by atoms with Crippen LogP contribution < -0.4 is 16.0 Å². The topological polar surface area (TPSA) is 36.1 Å². The molecule has 3 nitrogen and oxygen atoms in total. The zero-order valence-corrected chi connectivity index (χ0v) is 20.1. The van der Waals surface area contributed by atoms with Gasteiger partial charge in [-0.15, -0.1) is 0 Å². The molecule has 1 rings (SSSR count). The van der Waals surface area contributed by atoms with E-state index in [1.165, 1.54) is 82.6 Å². The fourth-order valence-corrected chi connectivity index (χ4v) is 3.66. The summed E-state index contributed by atoms with van der Waals surface area (Å²) in [5.41, 5.74) is 1.25. The maximum Gasteiger partial charge on any atom is 0.143 e. The first-order valence-corrected chi connectivity index (χ1v) is 12.8. The lowest BCUT2D eigenvalue weighted by Gasteiger charge is -2.35. The molecule has 172 valence electrons. The molecule has 0 amide bonds. The number of unbranched alkanes of at least 4 members (excludes halogenated alkanes) is 9. The molecule has 0 aliphatic carbocycles. The van der Waals surface area contributed by atoms with Gasteiger partial charge in [-0.05, 0) is 50.5 Å². The summed E-state index contributed by atoms with van der Waals surface area (Å²) in [6.07, 6.45) is 19.9. The Kier molecular flexibility index (Phi) is 16.7. The van der Waals surface area contributed by atoms with Crippen LogP contribution in [-0.4, -0.2) is 25.4 Å². The Morgan fingerprint density at radius 1 is 0.600 bits per heavy atom. The zero-order valence-electron chi connectivity index (χ0n) is 20.1. The Morgan fingerprint density at radius 2 is 1.03 bits per heavy atom. The zero-order chi connectivity index (χ0) is 21.8. The molecular formula is C27H49N3. The molecule has 0 aliphatic rings. The van der Waals surface area contributed by atoms with Crippen LogP contribution in [-0.2, 0) is 0 Å². The van der Waals surface area contributed by atoms with E-state index in [-0.39, 0.29) is 5.79 Å². The van der Waals surface area contributed by atoms with Crippen LogP contribution in [0.1, 0.15) is 103 Å². The predicted molar refractivity (Wildman–Crippen MR) is 135 cm³/mol. The SMILES string of the molecule is CCCCCCNC(C=Cc1ccccc1)(NCCCCCC)NCCCCCC. The number of hydrogen-bond donors (Lipinski definition) is 3. The first-order valence-electron chi connectivity index (χ1n) is 12.8. The Bertz CT molecular complexity index is 476. The monoisotopic (exact) mass is 415 g/mol. The lowest BCUT2D eigenvalue weighted by atomic mass is 10.1. The standard InChI is InChI=1S/C27H49N3/c1-4-7-10-16-23-28-27(29-24-17-11-8-5-2,30-25-18-12-9-6-3)22-21-26-19-14-13-15-20-26/h13-15,19-22,28-30H,4-12,16-18,23-25H2,1-3H3. The molecule has 3 heteroatoms. The normalized spacial score (nSPS) is 12.1. The Morgan fingerprint density at radius 3 is 1.43 bits per heavy atom. The second-order valence-corrected chi connectivity index (χ2v) is 8.51. The number of benzene rings is 1. The van der Waals surface area contributed by atoms with E-state index in [0.717, 1.165) is 19.6 Å². The number of rotatable bonds is 20. The van der Waals surface area contributed by atoms with Gasteiger partial charge >= 0.3 is 0 Å². The Balaban J connectivity index is 2.80. The highest BCUT2D eigenvalue weighted by molar-refractivity contribution is 5.50. The average molecular weight is 416 g/mol. The molecule has 0 aromatic heterocycles. The molecule has 0 heterocycles. The van der Waals surface area contributed by atoms with E-state index >= 15 is 0 Å². The number of hydrogen-bond acceptors (Lipinski definition) is 3. The van der Waals surface area contributed by atoms with Crippen LogP contribution >= 0.6 is 0 Å². The van der Waals surface area contributed by atoms with E-state index in [1.807, 2.05) is 0 Å². The summed E-state index contributed by atoms with van der Waals surface area (Å²) in [5.74, 6) is -0.333. The summed E-state index contributed by atoms with van der Waals surface area (Å²) in [4.78, 5) is 0. The van der Waals surface area contributed by atoms with E-state index in [9.17, 15) is 0 Å². The highest BCUT2D eigenvalue weighted by Gasteiger charge is 2.24. The molecule has 3 N–H and O–H groups in total. The first kappa shape index (κ1) is 26.9. The fraction of sp³-hybridized carbons (Fsp3) is 0.704. The molecule has 0 unspecified atom stereocenters. The van der Waals surface area contributed by atoms with Crippen molar-refractivity contribution in [1.29, 1.82) is 0 Å². The quantitative estimate of drug-likeness (QED) is 0.161. The van der Waals surface area contributed by atoms with Gasteiger partial charge in [0.15, 0.2) is 0 Å². The third kappa shape index (κ3) is 13.2. The van der Waals surface area contributed by atoms with Gasteiger partial charge in [0.1, 0.15) is 5.79 Å². The third-order valence-electron chi connectivity index (χ3n) is 5.63. The highest BCUT2D eigenvalue weighted by atomic mass is 15.3. The van der Waals surface area contributed by atoms with Crippen molar-refractivity contribution in [2.75, 3.05) is 19.6 Å². The van der Waals surface area contributed by atoms with E-state index in [4.69, 9.17) is 0 Å². The molecule has 0 bridgehead atoms. The van der Waals surface area contributed by atoms with Gasteiger partial charge in [0.05, 0.1) is 0 Å². The van der Waals surface area contributed by atoms with Crippen LogP contribution in [0.5, 0.6) is 0 Å². The van der Waals surface area contributed by atoms with Gasteiger partial charge in [0.2, 0.25) is 0 Å². The predicted octanol–water partition coefficient (Wildman–Crippen LogP) is 6.86. The minimum atomic E-state index is -0.333. The van der Waals surface area contributed by atoms with Crippen LogP contribution in [0.4, 0.5) is 0 Å². The molecule has 0 radical (unpaired) electrons. The molecule has 1 aromatic rings. The number of nitrogens with one attached hydrogen (secondary N) is 3. The smallest absolute Gasteiger partial charge is 0.143 e. The lowest BCUT2D eigenvalue weighted by molar-refractivity contribution is 0.255. The van der Waals surface area contributed by atoms with Crippen molar-refractivity contribution >= 4 is 6.08 Å². The van der Waals surface area contributed by atoms with Crippen molar-refractivity contribution in [3.05, 3.63) is 42.0 Å². The average Bonchev–Trinajstić information content (AvgIpc) is 2.78. The molecule has 30 heavy (non-hydrogen) atoms. The van der Waals surface area contributed by atoms with Crippen molar-refractivity contribution in [3.63, 3.8) is 0 Å². The summed E-state index contributed by atoms with van der Waals surface area (Å²) in [5, 5.41) is 11.5. The Hall–Kier alpha value is -1.16. The summed E-state index contributed by atoms with van der Waals surface area (Å²) < 4.78 is 0. The summed E-state index contributed by atoms with van der Waals surface area (Å²) in [6, 6.07) is 10.6. The van der Waals surface area contributed by atoms with Gasteiger partial charge < -0.3 is 0 Å². The minimum Gasteiger partial charge on any atom is -0.284 e. The maximum absolute atomic E-state index is 3.84. The van der Waals surface area contributed by atoms with Crippen molar-refractivity contribution in [1.82, 2.24) is 16.0 Å². The molecule has 1 aromatic carbocycles. The second-order valence-electron chi connectivity index (χ2n) is 8.51. The van der Waals surface area contributed by atoms with Gasteiger partial charge in [-0.25, -0.2) is 0 Å². The van der Waals surface area contributed by atoms with Crippen molar-refractivity contribution in [2.24, 2.45) is 0 Å². The van der Waals surface area contributed by atoms with Crippen LogP contribution in [0, 0.1) is 0 Å². The van der Waals surface area contributed by atoms with Crippen molar-refractivity contribution in [2.45, 2.75) is 104 Å². The third-order valence-corrected chi connectivity index (χ3v) is 5.63. The van der Waals surface area contributed by atoms with Gasteiger partial charge in [0, 0.05) is 0 Å². The summed E-state index contributed by atoms with van der Waals surface area (Å²) in [7, 11) is 0. The molecular weight excluding hydrogens is 366 g/mol. The van der Waals surface area contributed by atoms with Crippen molar-refractivity contribution in [3.8, 4) is 0 Å². The van der Waals surface area contributed by atoms with E-state index in [2.05, 4.69) is 79.2 Å². The fourth-order valence-electron chi connectivity index (χ4n) is 3.66. The van der Waals surface area contributed by atoms with Crippen LogP contribution in [0.2, 0.25) is 0 Å². The first-order chi connectivity index (χ1) is 14.8. The molecule has 0 saturated heterocycles. The molecule has 0 spiro atoms. The molecule has 0 fully saturated rings. The van der Waals surface area contributed by atoms with Gasteiger partial charge in [-0.2, -0.15) is 0 Å². The summed E-state index contributed by atoms with van der Waals surface area (Å²) in [6.45, 7) is 9.91. The van der Waals surface area contributed by atoms with Crippen LogP contribution in [0.25, 0.3) is 6.08 Å². The van der Waals surface area contributed by atoms with Crippen molar-refractivity contribution < 1.29 is 0 Å². The lowest BCUT2D eigenvalue weighted by Crippen LogP contribution is -2.65. The van der Waals surface area contributed by atoms with Crippen LogP contribution in [0.15, 0.2) is 36.4 Å². The molecule has 0 saturated carbocycles. The molecule has 0 aliphatic heterocycles. The largest absolute Gasteiger partial charge is 0.284 e. The second kappa shape index (κ2) is 18.6. The highest BCUT2D eigenvalue weighted by Crippen LogP contribution is 2.09.